The number of hydrogen-bond donors (Lipinski definition) is 0. The number of carbonyl (C=O) groups excluding carboxylic acids is 4. The van der Waals surface area contributed by atoms with E-state index in [1.165, 1.54) is 35.1 Å². The summed E-state index contributed by atoms with van der Waals surface area (Å²) >= 11 is 0. The summed E-state index contributed by atoms with van der Waals surface area (Å²) in [6.07, 6.45) is 24.7. The van der Waals surface area contributed by atoms with Crippen LogP contribution in [0.3, 0.4) is 0 Å². The zero-order valence-corrected chi connectivity index (χ0v) is 36.3. The molecule has 8 fully saturated rings. The van der Waals surface area contributed by atoms with Crippen molar-refractivity contribution < 1.29 is 38.3 Å². The SMILES string of the molecule is CO/N=C/[C@@H]1CC2=CC(=O)CC[C@]2(C)C2=CC[C@@]3(C)C(C21)[C@@H]1C[C@@H]1[C@@]31CCC(=O)O1.CO/N=C/[C@H]1CC2=CC(=O)CC[C@]2(C)C2=CC[C@@]3(C)C(C21)[C@@H]1C[C@@H]1[C@@]31CCC(=O)O1. The predicted octanol–water partition coefficient (Wildman–Crippen LogP) is 8.46. The second kappa shape index (κ2) is 12.9. The average Bonchev–Trinajstić information content (AvgIpc) is 4.08. The molecule has 0 aromatic heterocycles. The van der Waals surface area contributed by atoms with Crippen molar-refractivity contribution in [3.05, 3.63) is 46.6 Å². The number of allylic oxidation sites excluding steroid dienone is 8. The molecule has 16 atom stereocenters. The van der Waals surface area contributed by atoms with E-state index in [1.807, 2.05) is 24.6 Å². The largest absolute Gasteiger partial charge is 0.458 e. The van der Waals surface area contributed by atoms with Crippen molar-refractivity contribution in [3.63, 3.8) is 0 Å². The third-order valence-corrected chi connectivity index (χ3v) is 19.8. The standard InChI is InChI=1S/2C25H31NO4/c2*1-23-7-4-16(27)11-15(23)10-14(13-26-29-3)21-18(23)5-8-24(2)22(21)17-12-19(17)25(24)9-6-20(28)30-25/h2*5,11,13-14,17,19,21-22H,4,6-10,12H2,1-3H3/b2*26-13+/t14-,17+,19-,21?,22?,23-,24-,25-;14-,17-,19+,21?,22?,23+,24+,25+/m01/s1. The molecule has 0 radical (unpaired) electrons. The molecule has 2 aliphatic heterocycles. The van der Waals surface area contributed by atoms with Crippen molar-refractivity contribution in [2.75, 3.05) is 14.2 Å². The van der Waals surface area contributed by atoms with E-state index in [1.54, 1.807) is 14.2 Å². The fourth-order valence-electron chi connectivity index (χ4n) is 17.1. The predicted molar refractivity (Wildman–Crippen MR) is 223 cm³/mol. The number of rotatable bonds is 4. The van der Waals surface area contributed by atoms with E-state index in [0.29, 0.717) is 73.0 Å². The number of nitrogens with zero attached hydrogens (tertiary/aromatic N) is 2. The van der Waals surface area contributed by atoms with Gasteiger partial charge in [0.1, 0.15) is 25.4 Å². The van der Waals surface area contributed by atoms with Gasteiger partial charge in [0.15, 0.2) is 11.6 Å². The van der Waals surface area contributed by atoms with Crippen molar-refractivity contribution in [3.8, 4) is 0 Å². The second-order valence-electron chi connectivity index (χ2n) is 22.0. The molecule has 10 nitrogen and oxygen atoms in total. The van der Waals surface area contributed by atoms with Crippen LogP contribution in [0, 0.1) is 80.8 Å². The molecule has 6 saturated carbocycles. The number of esters is 2. The fraction of sp³-hybridized carbons (Fsp3) is 0.720. The fourth-order valence-corrected chi connectivity index (χ4v) is 17.1. The minimum atomic E-state index is -0.274. The molecule has 12 rings (SSSR count). The molecule has 60 heavy (non-hydrogen) atoms. The Kier molecular flexibility index (Phi) is 8.38. The Bertz CT molecular complexity index is 2020. The van der Waals surface area contributed by atoms with Crippen LogP contribution in [-0.4, -0.2) is 61.4 Å². The summed E-state index contributed by atoms with van der Waals surface area (Å²) in [6.45, 7) is 9.47. The zero-order chi connectivity index (χ0) is 41.8. The van der Waals surface area contributed by atoms with Crippen molar-refractivity contribution in [1.29, 1.82) is 0 Å². The van der Waals surface area contributed by atoms with Crippen LogP contribution in [0.25, 0.3) is 0 Å². The first kappa shape index (κ1) is 39.1. The van der Waals surface area contributed by atoms with Gasteiger partial charge in [0.05, 0.1) is 0 Å². The van der Waals surface area contributed by atoms with Gasteiger partial charge in [-0.3, -0.25) is 19.2 Å². The molecule has 4 unspecified atom stereocenters. The van der Waals surface area contributed by atoms with E-state index in [9.17, 15) is 19.2 Å². The summed E-state index contributed by atoms with van der Waals surface area (Å²) in [4.78, 5) is 59.1. The van der Waals surface area contributed by atoms with Gasteiger partial charge in [-0.05, 0) is 112 Å². The van der Waals surface area contributed by atoms with Crippen molar-refractivity contribution in [2.45, 2.75) is 129 Å². The quantitative estimate of drug-likeness (QED) is 0.120. The maximum absolute atomic E-state index is 12.2. The first-order chi connectivity index (χ1) is 28.7. The minimum absolute atomic E-state index is 0.0118. The highest BCUT2D eigenvalue weighted by atomic mass is 16.6. The summed E-state index contributed by atoms with van der Waals surface area (Å²) in [7, 11) is 3.18. The third kappa shape index (κ3) is 4.94. The highest BCUT2D eigenvalue weighted by Crippen LogP contribution is 2.80. The van der Waals surface area contributed by atoms with Gasteiger partial charge < -0.3 is 19.1 Å². The maximum Gasteiger partial charge on any atom is 0.306 e. The molecule has 0 N–H and O–H groups in total. The van der Waals surface area contributed by atoms with Crippen LogP contribution in [0.2, 0.25) is 0 Å². The summed E-state index contributed by atoms with van der Waals surface area (Å²) in [5.41, 5.74) is 4.94. The van der Waals surface area contributed by atoms with E-state index in [2.05, 4.69) is 50.2 Å². The Hall–Kier alpha value is -3.82. The molecule has 2 heterocycles. The zero-order valence-electron chi connectivity index (χ0n) is 36.3. The van der Waals surface area contributed by atoms with Crippen LogP contribution in [0.1, 0.15) is 118 Å². The lowest BCUT2D eigenvalue weighted by Crippen LogP contribution is -2.55. The molecule has 0 amide bonds. The number of ketones is 2. The van der Waals surface area contributed by atoms with E-state index in [-0.39, 0.29) is 68.2 Å². The first-order valence-corrected chi connectivity index (χ1v) is 23.1. The van der Waals surface area contributed by atoms with Gasteiger partial charge >= 0.3 is 11.9 Å². The first-order valence-electron chi connectivity index (χ1n) is 23.1. The van der Waals surface area contributed by atoms with Crippen molar-refractivity contribution >= 4 is 35.9 Å². The van der Waals surface area contributed by atoms with E-state index < -0.39 is 0 Å². The molecule has 10 aliphatic carbocycles. The van der Waals surface area contributed by atoms with Gasteiger partial charge in [0.25, 0.3) is 0 Å². The van der Waals surface area contributed by atoms with Gasteiger partial charge in [-0.25, -0.2) is 0 Å². The molecule has 320 valence electrons. The Morgan fingerprint density at radius 2 is 1.03 bits per heavy atom. The topological polar surface area (TPSA) is 130 Å². The monoisotopic (exact) mass is 818 g/mol. The number of fused-ring (bicyclic) bond motifs is 18. The molecular formula is C50H62N2O8. The molecule has 0 aromatic rings. The van der Waals surface area contributed by atoms with Gasteiger partial charge in [-0.15, -0.1) is 0 Å². The summed E-state index contributed by atoms with van der Waals surface area (Å²) in [5.74, 6) is 4.98. The van der Waals surface area contributed by atoms with Crippen LogP contribution >= 0.6 is 0 Å². The smallest absolute Gasteiger partial charge is 0.306 e. The molecule has 2 spiro atoms. The molecule has 10 heteroatoms. The normalized spacial score (nSPS) is 51.0. The molecule has 2 saturated heterocycles. The van der Waals surface area contributed by atoms with E-state index in [0.717, 1.165) is 51.4 Å². The van der Waals surface area contributed by atoms with E-state index >= 15 is 0 Å². The van der Waals surface area contributed by atoms with Crippen LogP contribution in [0.5, 0.6) is 0 Å². The van der Waals surface area contributed by atoms with Gasteiger partial charge in [0.2, 0.25) is 0 Å². The summed E-state index contributed by atoms with van der Waals surface area (Å²) in [6, 6.07) is 0. The Morgan fingerprint density at radius 3 is 1.40 bits per heavy atom. The highest BCUT2D eigenvalue weighted by molar-refractivity contribution is 5.93. The number of carbonyl (C=O) groups is 4. The Labute approximate surface area is 354 Å². The average molecular weight is 819 g/mol. The summed E-state index contributed by atoms with van der Waals surface area (Å²) < 4.78 is 12.4. The molecule has 0 bridgehead atoms. The van der Waals surface area contributed by atoms with Crippen molar-refractivity contribution in [1.82, 2.24) is 0 Å². The lowest BCUT2D eigenvalue weighted by atomic mass is 9.47. The van der Waals surface area contributed by atoms with Gasteiger partial charge in [0, 0.05) is 83.4 Å². The van der Waals surface area contributed by atoms with Crippen LogP contribution < -0.4 is 0 Å². The van der Waals surface area contributed by atoms with Gasteiger partial charge in [-0.2, -0.15) is 0 Å². The Morgan fingerprint density at radius 1 is 0.617 bits per heavy atom. The summed E-state index contributed by atoms with van der Waals surface area (Å²) in [5, 5.41) is 8.39. The second-order valence-corrected chi connectivity index (χ2v) is 22.0. The van der Waals surface area contributed by atoms with Crippen LogP contribution in [0.15, 0.2) is 56.9 Å². The molecular weight excluding hydrogens is 757 g/mol. The number of ether oxygens (including phenoxy) is 2. The molecule has 0 aromatic carbocycles. The van der Waals surface area contributed by atoms with E-state index in [4.69, 9.17) is 19.1 Å². The van der Waals surface area contributed by atoms with Crippen molar-refractivity contribution in [2.24, 2.45) is 91.2 Å². The maximum atomic E-state index is 12.2. The Balaban J connectivity index is 0.000000136. The third-order valence-electron chi connectivity index (χ3n) is 19.8. The van der Waals surface area contributed by atoms with Gasteiger partial charge in [-0.1, -0.05) is 72.5 Å². The number of hydrogen-bond acceptors (Lipinski definition) is 10. The lowest BCUT2D eigenvalue weighted by Gasteiger charge is -2.57. The minimum Gasteiger partial charge on any atom is -0.458 e. The highest BCUT2D eigenvalue weighted by Gasteiger charge is 2.80. The molecule has 12 aliphatic rings. The number of oxime groups is 2. The lowest BCUT2D eigenvalue weighted by molar-refractivity contribution is -0.167. The van der Waals surface area contributed by atoms with Crippen LogP contribution in [0.4, 0.5) is 0 Å². The van der Waals surface area contributed by atoms with Crippen LogP contribution in [-0.2, 0) is 38.3 Å².